The number of esters is 1. The zero-order chi connectivity index (χ0) is 21.0. The van der Waals surface area contributed by atoms with Crippen LogP contribution in [0.1, 0.15) is 28.7 Å². The number of rotatable bonds is 5. The van der Waals surface area contributed by atoms with Crippen LogP contribution >= 0.6 is 0 Å². The topological polar surface area (TPSA) is 92.7 Å². The molecule has 158 valence electrons. The van der Waals surface area contributed by atoms with E-state index in [0.29, 0.717) is 28.7 Å². The zero-order valence-electron chi connectivity index (χ0n) is 16.8. The molecule has 1 N–H and O–H groups in total. The van der Waals surface area contributed by atoms with Crippen molar-refractivity contribution in [2.24, 2.45) is 11.8 Å². The molecule has 30 heavy (non-hydrogen) atoms. The Morgan fingerprint density at radius 2 is 1.60 bits per heavy atom. The third-order valence-corrected chi connectivity index (χ3v) is 6.20. The lowest BCUT2D eigenvalue weighted by molar-refractivity contribution is -0.144. The fraction of sp³-hybridized carbons (Fsp3) is 0.409. The van der Waals surface area contributed by atoms with E-state index in [1.165, 1.54) is 7.11 Å². The number of aliphatic hydroxyl groups is 1. The molecule has 0 unspecified atom stereocenters. The Labute approximate surface area is 173 Å². The van der Waals surface area contributed by atoms with E-state index in [2.05, 4.69) is 0 Å². The minimum atomic E-state index is -0.546. The first-order chi connectivity index (χ1) is 14.6. The Morgan fingerprint density at radius 1 is 0.967 bits per heavy atom. The quantitative estimate of drug-likeness (QED) is 0.746. The van der Waals surface area contributed by atoms with E-state index < -0.39 is 12.0 Å². The van der Waals surface area contributed by atoms with Gasteiger partial charge in [-0.05, 0) is 35.4 Å². The van der Waals surface area contributed by atoms with Crippen molar-refractivity contribution < 1.29 is 38.3 Å². The van der Waals surface area contributed by atoms with Crippen molar-refractivity contribution in [1.29, 1.82) is 0 Å². The van der Waals surface area contributed by atoms with Gasteiger partial charge in [-0.1, -0.05) is 0 Å². The van der Waals surface area contributed by atoms with Crippen LogP contribution in [0, 0.1) is 11.8 Å². The highest BCUT2D eigenvalue weighted by Crippen LogP contribution is 2.58. The molecular formula is C22H22O8. The summed E-state index contributed by atoms with van der Waals surface area (Å²) in [5, 5.41) is 10.1. The van der Waals surface area contributed by atoms with E-state index in [1.807, 2.05) is 24.3 Å². The summed E-state index contributed by atoms with van der Waals surface area (Å²) in [7, 11) is 4.63. The average Bonchev–Trinajstić information content (AvgIpc) is 3.33. The van der Waals surface area contributed by atoms with E-state index in [4.69, 9.17) is 28.4 Å². The smallest absolute Gasteiger partial charge is 0.311 e. The number of aliphatic hydroxyl groups excluding tert-OH is 1. The van der Waals surface area contributed by atoms with Gasteiger partial charge >= 0.3 is 5.97 Å². The molecule has 1 fully saturated rings. The van der Waals surface area contributed by atoms with Crippen LogP contribution in [-0.4, -0.2) is 45.8 Å². The molecule has 0 saturated carbocycles. The lowest BCUT2D eigenvalue weighted by Crippen LogP contribution is -2.32. The highest BCUT2D eigenvalue weighted by atomic mass is 16.7. The van der Waals surface area contributed by atoms with Crippen LogP contribution in [0.15, 0.2) is 24.3 Å². The Bertz CT molecular complexity index is 991. The van der Waals surface area contributed by atoms with Gasteiger partial charge < -0.3 is 33.5 Å². The molecule has 0 aromatic heterocycles. The molecular weight excluding hydrogens is 392 g/mol. The van der Waals surface area contributed by atoms with E-state index in [1.54, 1.807) is 14.2 Å². The Kier molecular flexibility index (Phi) is 4.39. The lowest BCUT2D eigenvalue weighted by Gasteiger charge is -2.34. The summed E-state index contributed by atoms with van der Waals surface area (Å²) >= 11 is 0. The first kappa shape index (κ1) is 18.9. The summed E-state index contributed by atoms with van der Waals surface area (Å²) in [6, 6.07) is 7.42. The Balaban J connectivity index is 1.75. The molecule has 0 spiro atoms. The summed E-state index contributed by atoms with van der Waals surface area (Å²) in [5.74, 6) is 1.05. The van der Waals surface area contributed by atoms with E-state index in [-0.39, 0.29) is 31.2 Å². The maximum Gasteiger partial charge on any atom is 0.311 e. The molecule has 2 aromatic rings. The number of benzene rings is 2. The molecule has 5 rings (SSSR count). The van der Waals surface area contributed by atoms with Gasteiger partial charge in [0.05, 0.1) is 33.9 Å². The number of carbonyl (C=O) groups is 1. The predicted molar refractivity (Wildman–Crippen MR) is 103 cm³/mol. The second-order valence-corrected chi connectivity index (χ2v) is 7.50. The fourth-order valence-corrected chi connectivity index (χ4v) is 4.89. The van der Waals surface area contributed by atoms with Gasteiger partial charge in [0.2, 0.25) is 12.5 Å². The van der Waals surface area contributed by atoms with Gasteiger partial charge in [-0.25, -0.2) is 0 Å². The molecule has 2 heterocycles. The van der Waals surface area contributed by atoms with Crippen molar-refractivity contribution >= 4 is 5.97 Å². The maximum absolute atomic E-state index is 12.9. The molecule has 8 heteroatoms. The molecule has 1 saturated heterocycles. The number of hydrogen-bond acceptors (Lipinski definition) is 8. The van der Waals surface area contributed by atoms with Gasteiger partial charge in [0.25, 0.3) is 0 Å². The van der Waals surface area contributed by atoms with Crippen molar-refractivity contribution in [2.75, 3.05) is 34.7 Å². The predicted octanol–water partition coefficient (Wildman–Crippen LogP) is 2.41. The van der Waals surface area contributed by atoms with Crippen molar-refractivity contribution in [1.82, 2.24) is 0 Å². The highest BCUT2D eigenvalue weighted by Gasteiger charge is 2.55. The third kappa shape index (κ3) is 2.53. The van der Waals surface area contributed by atoms with Crippen molar-refractivity contribution in [3.63, 3.8) is 0 Å². The average molecular weight is 414 g/mol. The molecule has 0 radical (unpaired) electrons. The van der Waals surface area contributed by atoms with Gasteiger partial charge in [-0.15, -0.1) is 0 Å². The zero-order valence-corrected chi connectivity index (χ0v) is 16.8. The number of hydrogen-bond donors (Lipinski definition) is 1. The molecule has 2 aromatic carbocycles. The summed E-state index contributed by atoms with van der Waals surface area (Å²) in [6.45, 7) is -0.0275. The lowest BCUT2D eigenvalue weighted by atomic mass is 9.67. The molecule has 2 bridgehead atoms. The van der Waals surface area contributed by atoms with Crippen LogP contribution in [0.4, 0.5) is 0 Å². The van der Waals surface area contributed by atoms with Crippen LogP contribution in [0.5, 0.6) is 28.7 Å². The van der Waals surface area contributed by atoms with Crippen molar-refractivity contribution in [3.05, 3.63) is 41.0 Å². The van der Waals surface area contributed by atoms with Crippen molar-refractivity contribution in [2.45, 2.75) is 12.0 Å². The molecule has 2 aliphatic heterocycles. The van der Waals surface area contributed by atoms with Gasteiger partial charge in [-0.3, -0.25) is 4.79 Å². The second-order valence-electron chi connectivity index (χ2n) is 7.50. The molecule has 8 nitrogen and oxygen atoms in total. The third-order valence-electron chi connectivity index (χ3n) is 6.20. The van der Waals surface area contributed by atoms with Gasteiger partial charge in [0.1, 0.15) is 6.10 Å². The number of carbonyl (C=O) groups excluding carboxylic acids is 1. The monoisotopic (exact) mass is 414 g/mol. The van der Waals surface area contributed by atoms with Crippen LogP contribution in [-0.2, 0) is 9.53 Å². The first-order valence-electron chi connectivity index (χ1n) is 9.66. The summed E-state index contributed by atoms with van der Waals surface area (Å²) in [6.07, 6.45) is -0.518. The fourth-order valence-electron chi connectivity index (χ4n) is 4.89. The van der Waals surface area contributed by atoms with Gasteiger partial charge in [-0.2, -0.15) is 0 Å². The molecule has 3 aliphatic rings. The standard InChI is InChI=1S/C22H22O8/c1-25-16-4-10(5-17(26-2)21(16)27-3)18-11-6-14-15(29-9-28-14)7-12(11)20-13(8-23)19(18)22(24)30-20/h4-7,13,18-20,23H,8-9H2,1-3H3/t13-,18+,19+,20-/m1/s1. The first-order valence-corrected chi connectivity index (χ1v) is 9.66. The second kappa shape index (κ2) is 6.98. The largest absolute Gasteiger partial charge is 0.493 e. The van der Waals surface area contributed by atoms with Crippen LogP contribution in [0.3, 0.4) is 0 Å². The van der Waals surface area contributed by atoms with Gasteiger partial charge in [0, 0.05) is 17.4 Å². The SMILES string of the molecule is COc1cc([C@H]2c3cc4c(cc3[C@H]3OC(=O)[C@H]2[C@H]3CO)OCO4)cc(OC)c1OC. The minimum absolute atomic E-state index is 0.143. The van der Waals surface area contributed by atoms with Crippen LogP contribution in [0.2, 0.25) is 0 Å². The summed E-state index contributed by atoms with van der Waals surface area (Å²) in [5.41, 5.74) is 2.52. The highest BCUT2D eigenvalue weighted by molar-refractivity contribution is 5.80. The summed E-state index contributed by atoms with van der Waals surface area (Å²) in [4.78, 5) is 12.9. The Hall–Kier alpha value is -3.13. The normalized spacial score (nSPS) is 25.5. The van der Waals surface area contributed by atoms with E-state index in [0.717, 1.165) is 16.7 Å². The minimum Gasteiger partial charge on any atom is -0.493 e. The molecule has 0 amide bonds. The summed E-state index contributed by atoms with van der Waals surface area (Å²) < 4.78 is 33.3. The Morgan fingerprint density at radius 3 is 2.17 bits per heavy atom. The van der Waals surface area contributed by atoms with Crippen LogP contribution < -0.4 is 23.7 Å². The van der Waals surface area contributed by atoms with E-state index in [9.17, 15) is 9.90 Å². The number of ether oxygens (including phenoxy) is 6. The van der Waals surface area contributed by atoms with Crippen molar-refractivity contribution in [3.8, 4) is 28.7 Å². The van der Waals surface area contributed by atoms with Crippen LogP contribution in [0.25, 0.3) is 0 Å². The maximum atomic E-state index is 12.9. The number of methoxy groups -OCH3 is 3. The number of fused-ring (bicyclic) bond motifs is 5. The molecule has 4 atom stereocenters. The van der Waals surface area contributed by atoms with Gasteiger partial charge in [0.15, 0.2) is 23.0 Å². The molecule has 1 aliphatic carbocycles. The van der Waals surface area contributed by atoms with E-state index >= 15 is 0 Å².